The summed E-state index contributed by atoms with van der Waals surface area (Å²) >= 11 is 0. The van der Waals surface area contributed by atoms with E-state index in [-0.39, 0.29) is 12.0 Å². The number of rotatable bonds is 5. The molecule has 2 aromatic carbocycles. The minimum Gasteiger partial charge on any atom is -0.377 e. The molecule has 9 nitrogen and oxygen atoms in total. The highest BCUT2D eigenvalue weighted by atomic mass is 16.2. The molecule has 0 unspecified atom stereocenters. The van der Waals surface area contributed by atoms with Gasteiger partial charge in [0.25, 0.3) is 10.9 Å². The highest BCUT2D eigenvalue weighted by Crippen LogP contribution is 2.29. The minimum absolute atomic E-state index is 0.234. The average Bonchev–Trinajstić information content (AvgIpc) is 3.39. The zero-order valence-electron chi connectivity index (χ0n) is 16.5. The van der Waals surface area contributed by atoms with Crippen LogP contribution in [0.1, 0.15) is 25.7 Å². The molecule has 1 aliphatic rings. The fourth-order valence-electron chi connectivity index (χ4n) is 4.06. The molecule has 0 radical (unpaired) electrons. The number of fused-ring (bicyclic) bond motifs is 1. The Bertz CT molecular complexity index is 1330. The van der Waals surface area contributed by atoms with Gasteiger partial charge in [0.1, 0.15) is 11.4 Å². The molecule has 9 heteroatoms. The number of nitrogens with zero attached hydrogens (tertiary/aromatic N) is 4. The number of aromatic nitrogens is 4. The predicted molar refractivity (Wildman–Crippen MR) is 117 cm³/mol. The van der Waals surface area contributed by atoms with Crippen molar-refractivity contribution in [2.45, 2.75) is 31.7 Å². The Morgan fingerprint density at radius 3 is 2.67 bits per heavy atom. The summed E-state index contributed by atoms with van der Waals surface area (Å²) < 4.78 is 1.72. The van der Waals surface area contributed by atoms with E-state index in [0.29, 0.717) is 17.2 Å². The van der Waals surface area contributed by atoms with Gasteiger partial charge in [-0.3, -0.25) is 14.3 Å². The zero-order chi connectivity index (χ0) is 20.8. The van der Waals surface area contributed by atoms with Crippen molar-refractivity contribution in [1.82, 2.24) is 19.7 Å². The smallest absolute Gasteiger partial charge is 0.253 e. The molecule has 4 aromatic rings. The third kappa shape index (κ3) is 3.08. The molecule has 152 valence electrons. The van der Waals surface area contributed by atoms with Crippen LogP contribution in [-0.4, -0.2) is 25.8 Å². The monoisotopic (exact) mass is 403 g/mol. The van der Waals surface area contributed by atoms with Gasteiger partial charge in [0.2, 0.25) is 5.95 Å². The van der Waals surface area contributed by atoms with Crippen LogP contribution in [0, 0.1) is 0 Å². The molecule has 0 bridgehead atoms. The van der Waals surface area contributed by atoms with E-state index >= 15 is 0 Å². The van der Waals surface area contributed by atoms with Crippen LogP contribution in [0.2, 0.25) is 0 Å². The quantitative estimate of drug-likeness (QED) is 0.433. The van der Waals surface area contributed by atoms with Crippen molar-refractivity contribution in [3.8, 4) is 11.3 Å². The molecule has 5 rings (SSSR count). The standard InChI is InChI=1S/C21H21N7O2/c1-28-15(11-6-7-14-12(8-11)10-23-21(22)25-14)9-16(27-28)26-18-17(19(29)20(18)30)24-13-4-2-3-5-13/h6-10,13,24H,2-5H2,1H3,(H,26,27)(H2,22,23,25). The van der Waals surface area contributed by atoms with Crippen molar-refractivity contribution in [1.29, 1.82) is 0 Å². The van der Waals surface area contributed by atoms with E-state index in [1.807, 2.05) is 31.3 Å². The van der Waals surface area contributed by atoms with Gasteiger partial charge in [-0.2, -0.15) is 5.10 Å². The van der Waals surface area contributed by atoms with Gasteiger partial charge in [-0.1, -0.05) is 18.9 Å². The molecule has 0 atom stereocenters. The second kappa shape index (κ2) is 6.94. The topological polar surface area (TPSA) is 128 Å². The molecule has 4 N–H and O–H groups in total. The molecule has 0 saturated heterocycles. The number of hydrogen-bond acceptors (Lipinski definition) is 8. The Balaban J connectivity index is 1.43. The van der Waals surface area contributed by atoms with E-state index in [9.17, 15) is 9.59 Å². The summed E-state index contributed by atoms with van der Waals surface area (Å²) in [6, 6.07) is 7.86. The Kier molecular flexibility index (Phi) is 4.23. The fourth-order valence-corrected chi connectivity index (χ4v) is 4.06. The first-order chi connectivity index (χ1) is 14.5. The van der Waals surface area contributed by atoms with Gasteiger partial charge in [0.15, 0.2) is 5.82 Å². The molecule has 30 heavy (non-hydrogen) atoms. The van der Waals surface area contributed by atoms with Gasteiger partial charge < -0.3 is 16.4 Å². The van der Waals surface area contributed by atoms with Crippen LogP contribution in [0.25, 0.3) is 22.2 Å². The zero-order valence-corrected chi connectivity index (χ0v) is 16.5. The third-order valence-corrected chi connectivity index (χ3v) is 5.64. The van der Waals surface area contributed by atoms with Gasteiger partial charge in [0, 0.05) is 36.3 Å². The summed E-state index contributed by atoms with van der Waals surface area (Å²) in [6.07, 6.45) is 6.00. The highest BCUT2D eigenvalue weighted by Gasteiger charge is 2.25. The van der Waals surface area contributed by atoms with Crippen LogP contribution in [0.3, 0.4) is 0 Å². The van der Waals surface area contributed by atoms with Gasteiger partial charge in [-0.15, -0.1) is 0 Å². The highest BCUT2D eigenvalue weighted by molar-refractivity contribution is 5.85. The van der Waals surface area contributed by atoms with Gasteiger partial charge in [-0.05, 0) is 25.0 Å². The lowest BCUT2D eigenvalue weighted by Crippen LogP contribution is -2.38. The Labute approximate surface area is 171 Å². The summed E-state index contributed by atoms with van der Waals surface area (Å²) in [5, 5.41) is 11.6. The summed E-state index contributed by atoms with van der Waals surface area (Å²) in [7, 11) is 1.82. The maximum absolute atomic E-state index is 12.1. The van der Waals surface area contributed by atoms with Crippen LogP contribution < -0.4 is 27.2 Å². The molecular formula is C21H21N7O2. The number of benzene rings is 1. The molecule has 2 aromatic heterocycles. The van der Waals surface area contributed by atoms with Crippen molar-refractivity contribution >= 4 is 34.0 Å². The maximum atomic E-state index is 12.1. The molecule has 2 heterocycles. The number of aryl methyl sites for hydroxylation is 1. The van der Waals surface area contributed by atoms with Crippen molar-refractivity contribution in [3.63, 3.8) is 0 Å². The van der Waals surface area contributed by atoms with Crippen LogP contribution in [0.15, 0.2) is 40.1 Å². The molecule has 1 aliphatic carbocycles. The average molecular weight is 403 g/mol. The summed E-state index contributed by atoms with van der Waals surface area (Å²) in [4.78, 5) is 32.4. The Hall–Kier alpha value is -3.75. The van der Waals surface area contributed by atoms with E-state index in [0.717, 1.165) is 47.8 Å². The number of nitrogen functional groups attached to an aromatic ring is 1. The van der Waals surface area contributed by atoms with Crippen LogP contribution >= 0.6 is 0 Å². The lowest BCUT2D eigenvalue weighted by atomic mass is 10.1. The first-order valence-electron chi connectivity index (χ1n) is 9.93. The minimum atomic E-state index is -0.511. The van der Waals surface area contributed by atoms with Crippen LogP contribution in [0.5, 0.6) is 0 Å². The van der Waals surface area contributed by atoms with Gasteiger partial charge in [-0.25, -0.2) is 9.97 Å². The SMILES string of the molecule is Cn1nc(Nc2c(NC3CCCC3)c(=O)c2=O)cc1-c1ccc2nc(N)ncc2c1. The second-order valence-electron chi connectivity index (χ2n) is 7.70. The number of anilines is 4. The first kappa shape index (κ1) is 18.3. The summed E-state index contributed by atoms with van der Waals surface area (Å²) in [5.41, 5.74) is 7.87. The summed E-state index contributed by atoms with van der Waals surface area (Å²) in [6.45, 7) is 0. The van der Waals surface area contributed by atoms with Gasteiger partial charge >= 0.3 is 0 Å². The third-order valence-electron chi connectivity index (χ3n) is 5.64. The molecule has 0 amide bonds. The summed E-state index contributed by atoms with van der Waals surface area (Å²) in [5.74, 6) is 0.736. The van der Waals surface area contributed by atoms with Crippen molar-refractivity contribution in [2.24, 2.45) is 7.05 Å². The maximum Gasteiger partial charge on any atom is 0.253 e. The van der Waals surface area contributed by atoms with E-state index in [1.165, 1.54) is 0 Å². The Morgan fingerprint density at radius 2 is 1.87 bits per heavy atom. The molecule has 1 saturated carbocycles. The van der Waals surface area contributed by atoms with Crippen molar-refractivity contribution in [3.05, 3.63) is 50.9 Å². The van der Waals surface area contributed by atoms with Crippen LogP contribution in [-0.2, 0) is 7.05 Å². The van der Waals surface area contributed by atoms with Crippen LogP contribution in [0.4, 0.5) is 23.1 Å². The Morgan fingerprint density at radius 1 is 1.10 bits per heavy atom. The largest absolute Gasteiger partial charge is 0.377 e. The predicted octanol–water partition coefficient (Wildman–Crippen LogP) is 2.31. The van der Waals surface area contributed by atoms with E-state index in [4.69, 9.17) is 5.73 Å². The number of nitrogens with two attached hydrogens (primary N) is 1. The van der Waals surface area contributed by atoms with E-state index < -0.39 is 10.9 Å². The van der Waals surface area contributed by atoms with E-state index in [1.54, 1.807) is 10.9 Å². The molecule has 1 fully saturated rings. The number of hydrogen-bond donors (Lipinski definition) is 3. The lowest BCUT2D eigenvalue weighted by Gasteiger charge is -2.17. The van der Waals surface area contributed by atoms with Gasteiger partial charge in [0.05, 0.1) is 11.2 Å². The van der Waals surface area contributed by atoms with Crippen molar-refractivity contribution in [2.75, 3.05) is 16.4 Å². The number of nitrogens with one attached hydrogen (secondary N) is 2. The molecular weight excluding hydrogens is 382 g/mol. The second-order valence-corrected chi connectivity index (χ2v) is 7.70. The first-order valence-corrected chi connectivity index (χ1v) is 9.93. The fraction of sp³-hybridized carbons (Fsp3) is 0.286. The molecule has 0 aliphatic heterocycles. The normalized spacial score (nSPS) is 14.6. The van der Waals surface area contributed by atoms with Crippen molar-refractivity contribution < 1.29 is 0 Å². The van der Waals surface area contributed by atoms with E-state index in [2.05, 4.69) is 25.7 Å². The molecule has 0 spiro atoms. The lowest BCUT2D eigenvalue weighted by molar-refractivity contribution is 0.753.